The number of piperidine rings is 1. The summed E-state index contributed by atoms with van der Waals surface area (Å²) in [6.07, 6.45) is 3.75. The molecule has 0 bridgehead atoms. The minimum Gasteiger partial charge on any atom is -0.457 e. The van der Waals surface area contributed by atoms with E-state index in [1.165, 1.54) is 12.3 Å². The lowest BCUT2D eigenvalue weighted by molar-refractivity contribution is -0.119. The molecule has 8 heteroatoms. The van der Waals surface area contributed by atoms with Crippen molar-refractivity contribution in [3.05, 3.63) is 69.8 Å². The molecule has 0 unspecified atom stereocenters. The van der Waals surface area contributed by atoms with Crippen LogP contribution in [0, 0.1) is 0 Å². The second-order valence-corrected chi connectivity index (χ2v) is 6.85. The number of aromatic amines is 1. The van der Waals surface area contributed by atoms with Crippen LogP contribution in [0.3, 0.4) is 0 Å². The van der Waals surface area contributed by atoms with Crippen molar-refractivity contribution in [1.82, 2.24) is 19.5 Å². The van der Waals surface area contributed by atoms with E-state index in [9.17, 15) is 14.4 Å². The van der Waals surface area contributed by atoms with E-state index in [1.54, 1.807) is 9.42 Å². The Morgan fingerprint density at radius 1 is 1.25 bits per heavy atom. The Morgan fingerprint density at radius 2 is 2.00 bits per heavy atom. The van der Waals surface area contributed by atoms with E-state index >= 15 is 0 Å². The average Bonchev–Trinajstić information content (AvgIpc) is 3.16. The zero-order chi connectivity index (χ0) is 19.5. The predicted octanol–water partition coefficient (Wildman–Crippen LogP) is 1.72. The molecular formula is C20H20N4O4. The van der Waals surface area contributed by atoms with Gasteiger partial charge >= 0.3 is 5.97 Å². The summed E-state index contributed by atoms with van der Waals surface area (Å²) in [5.74, 6) is -0.448. The van der Waals surface area contributed by atoms with Crippen molar-refractivity contribution in [1.29, 1.82) is 0 Å². The normalized spacial score (nSPS) is 14.9. The Balaban J connectivity index is 1.59. The highest BCUT2D eigenvalue weighted by Gasteiger charge is 2.24. The van der Waals surface area contributed by atoms with Gasteiger partial charge in [-0.15, -0.1) is 0 Å². The highest BCUT2D eigenvalue weighted by molar-refractivity contribution is 5.95. The number of amides is 1. The zero-order valence-corrected chi connectivity index (χ0v) is 15.2. The molecule has 4 rings (SSSR count). The number of carbonyl (C=O) groups is 2. The van der Waals surface area contributed by atoms with Gasteiger partial charge in [-0.05, 0) is 18.4 Å². The van der Waals surface area contributed by atoms with Crippen LogP contribution in [-0.2, 0) is 16.1 Å². The molecule has 2 aromatic heterocycles. The molecule has 0 saturated carbocycles. The summed E-state index contributed by atoms with van der Waals surface area (Å²) in [5, 5.41) is 4.31. The number of nitrogens with one attached hydrogen (secondary N) is 1. The van der Waals surface area contributed by atoms with Crippen LogP contribution in [0.4, 0.5) is 0 Å². The van der Waals surface area contributed by atoms with E-state index in [0.717, 1.165) is 30.5 Å². The Labute approximate surface area is 160 Å². The quantitative estimate of drug-likeness (QED) is 0.537. The topological polar surface area (TPSA) is 96.8 Å². The molecule has 1 amide bonds. The minimum absolute atomic E-state index is 0.0917. The first-order valence-corrected chi connectivity index (χ1v) is 9.17. The monoisotopic (exact) mass is 380 g/mol. The van der Waals surface area contributed by atoms with Gasteiger partial charge in [-0.1, -0.05) is 30.3 Å². The van der Waals surface area contributed by atoms with E-state index in [4.69, 9.17) is 4.74 Å². The smallest absolute Gasteiger partial charge is 0.343 e. The first kappa shape index (κ1) is 18.0. The van der Waals surface area contributed by atoms with Crippen LogP contribution in [-0.4, -0.2) is 45.0 Å². The lowest BCUT2D eigenvalue weighted by atomic mass is 9.93. The molecule has 1 aromatic carbocycles. The summed E-state index contributed by atoms with van der Waals surface area (Å²) in [6, 6.07) is 10.9. The van der Waals surface area contributed by atoms with Crippen molar-refractivity contribution >= 4 is 18.0 Å². The number of nitrogens with zero attached hydrogens (tertiary/aromatic N) is 3. The fourth-order valence-corrected chi connectivity index (χ4v) is 3.55. The van der Waals surface area contributed by atoms with Crippen LogP contribution < -0.4 is 5.56 Å². The van der Waals surface area contributed by atoms with Crippen LogP contribution in [0.1, 0.15) is 40.4 Å². The largest absolute Gasteiger partial charge is 0.457 e. The van der Waals surface area contributed by atoms with Gasteiger partial charge in [0.2, 0.25) is 6.41 Å². The van der Waals surface area contributed by atoms with Crippen molar-refractivity contribution in [3.8, 4) is 0 Å². The van der Waals surface area contributed by atoms with Gasteiger partial charge in [0.05, 0.1) is 11.9 Å². The third-order valence-electron chi connectivity index (χ3n) is 5.06. The number of H-pyrrole nitrogens is 1. The highest BCUT2D eigenvalue weighted by atomic mass is 16.5. The summed E-state index contributed by atoms with van der Waals surface area (Å²) in [6.45, 7) is 1.41. The van der Waals surface area contributed by atoms with E-state index in [2.05, 4.69) is 10.1 Å². The number of fused-ring (bicyclic) bond motifs is 1. The maximum Gasteiger partial charge on any atom is 0.343 e. The highest BCUT2D eigenvalue weighted by Crippen LogP contribution is 2.27. The molecular weight excluding hydrogens is 360 g/mol. The number of hydrogen-bond donors (Lipinski definition) is 1. The maximum atomic E-state index is 12.5. The Bertz CT molecular complexity index is 1050. The number of likely N-dealkylation sites (tertiary alicyclic amines) is 1. The third-order valence-corrected chi connectivity index (χ3v) is 5.06. The summed E-state index contributed by atoms with van der Waals surface area (Å²) in [7, 11) is 0. The lowest BCUT2D eigenvalue weighted by Gasteiger charge is -2.29. The number of ether oxygens (including phenoxy) is 1. The fraction of sp³-hybridized carbons (Fsp3) is 0.300. The molecule has 1 aliphatic rings. The maximum absolute atomic E-state index is 12.5. The van der Waals surface area contributed by atoms with E-state index in [1.807, 2.05) is 30.3 Å². The molecule has 0 radical (unpaired) electrons. The Hall–Kier alpha value is -3.42. The second-order valence-electron chi connectivity index (χ2n) is 6.85. The average molecular weight is 380 g/mol. The van der Waals surface area contributed by atoms with Crippen molar-refractivity contribution in [3.63, 3.8) is 0 Å². The standard InChI is InChI=1S/C20H20N4O4/c25-13-23-8-6-15(7-9-23)17-10-18(26)22-19-16(11-21-24(17)19)20(27)28-12-14-4-2-1-3-5-14/h1-5,10-11,13,15H,6-9,12H2,(H,22,26). The molecule has 1 fully saturated rings. The third kappa shape index (κ3) is 3.53. The van der Waals surface area contributed by atoms with Crippen LogP contribution in [0.25, 0.3) is 5.65 Å². The Morgan fingerprint density at radius 3 is 2.71 bits per heavy atom. The molecule has 0 atom stereocenters. The summed E-state index contributed by atoms with van der Waals surface area (Å²) in [5.41, 5.74) is 1.88. The molecule has 3 aromatic rings. The molecule has 144 valence electrons. The van der Waals surface area contributed by atoms with Crippen LogP contribution in [0.5, 0.6) is 0 Å². The van der Waals surface area contributed by atoms with Crippen LogP contribution in [0.15, 0.2) is 47.4 Å². The van der Waals surface area contributed by atoms with Gasteiger partial charge in [-0.25, -0.2) is 9.31 Å². The van der Waals surface area contributed by atoms with Crippen LogP contribution >= 0.6 is 0 Å². The van der Waals surface area contributed by atoms with Gasteiger partial charge < -0.3 is 14.6 Å². The SMILES string of the molecule is O=CN1CCC(c2cc(=O)[nH]c3c(C(=O)OCc4ccccc4)cnn23)CC1. The Kier molecular flexibility index (Phi) is 4.92. The molecule has 0 spiro atoms. The number of rotatable bonds is 5. The lowest BCUT2D eigenvalue weighted by Crippen LogP contribution is -2.32. The first-order chi connectivity index (χ1) is 13.7. The molecule has 3 heterocycles. The number of hydrogen-bond acceptors (Lipinski definition) is 5. The van der Waals surface area contributed by atoms with E-state index in [0.29, 0.717) is 18.7 Å². The molecule has 8 nitrogen and oxygen atoms in total. The summed E-state index contributed by atoms with van der Waals surface area (Å²) >= 11 is 0. The van der Waals surface area contributed by atoms with Gasteiger partial charge in [-0.3, -0.25) is 9.59 Å². The van der Waals surface area contributed by atoms with Crippen molar-refractivity contribution < 1.29 is 14.3 Å². The molecule has 1 N–H and O–H groups in total. The summed E-state index contributed by atoms with van der Waals surface area (Å²) < 4.78 is 6.97. The minimum atomic E-state index is -0.539. The fourth-order valence-electron chi connectivity index (χ4n) is 3.55. The number of esters is 1. The second kappa shape index (κ2) is 7.67. The van der Waals surface area contributed by atoms with E-state index in [-0.39, 0.29) is 23.6 Å². The zero-order valence-electron chi connectivity index (χ0n) is 15.2. The molecule has 0 aliphatic carbocycles. The molecule has 1 saturated heterocycles. The van der Waals surface area contributed by atoms with Gasteiger partial charge in [0.1, 0.15) is 12.2 Å². The van der Waals surface area contributed by atoms with E-state index < -0.39 is 5.97 Å². The van der Waals surface area contributed by atoms with Gasteiger partial charge in [-0.2, -0.15) is 5.10 Å². The van der Waals surface area contributed by atoms with Gasteiger partial charge in [0, 0.05) is 25.1 Å². The molecule has 1 aliphatic heterocycles. The van der Waals surface area contributed by atoms with Crippen LogP contribution in [0.2, 0.25) is 0 Å². The number of benzene rings is 1. The predicted molar refractivity (Wildman–Crippen MR) is 101 cm³/mol. The van der Waals surface area contributed by atoms with Crippen molar-refractivity contribution in [2.24, 2.45) is 0 Å². The number of carbonyl (C=O) groups excluding carboxylic acids is 2. The van der Waals surface area contributed by atoms with Gasteiger partial charge in [0.15, 0.2) is 5.65 Å². The molecule has 28 heavy (non-hydrogen) atoms. The van der Waals surface area contributed by atoms with Gasteiger partial charge in [0.25, 0.3) is 5.56 Å². The van der Waals surface area contributed by atoms with Crippen molar-refractivity contribution in [2.75, 3.05) is 13.1 Å². The number of aromatic nitrogens is 3. The van der Waals surface area contributed by atoms with Crippen molar-refractivity contribution in [2.45, 2.75) is 25.4 Å². The summed E-state index contributed by atoms with van der Waals surface area (Å²) in [4.78, 5) is 40.1. The first-order valence-electron chi connectivity index (χ1n) is 9.17.